The summed E-state index contributed by atoms with van der Waals surface area (Å²) in [5.74, 6) is -0.319. The predicted octanol–water partition coefficient (Wildman–Crippen LogP) is 3.01. The Balaban J connectivity index is 1.58. The van der Waals surface area contributed by atoms with Gasteiger partial charge in [-0.2, -0.15) is 0 Å². The molecule has 0 unspecified atom stereocenters. The molecular formula is C17H19ClN2O4. The van der Waals surface area contributed by atoms with Gasteiger partial charge in [0, 0.05) is 23.5 Å². The lowest BCUT2D eigenvalue weighted by atomic mass is 9.98. The summed E-state index contributed by atoms with van der Waals surface area (Å²) in [7, 11) is 0. The predicted molar refractivity (Wildman–Crippen MR) is 89.6 cm³/mol. The van der Waals surface area contributed by atoms with E-state index in [1.165, 1.54) is 0 Å². The molecule has 0 radical (unpaired) electrons. The minimum Gasteiger partial charge on any atom is -0.466 e. The fourth-order valence-electron chi connectivity index (χ4n) is 2.81. The zero-order valence-corrected chi connectivity index (χ0v) is 14.1. The Morgan fingerprint density at radius 2 is 2.08 bits per heavy atom. The molecule has 1 fully saturated rings. The number of piperidine rings is 1. The number of hydrogen-bond acceptors (Lipinski definition) is 5. The summed E-state index contributed by atoms with van der Waals surface area (Å²) in [5.41, 5.74) is 3.43. The average molecular weight is 351 g/mol. The molecule has 6 nitrogen and oxygen atoms in total. The summed E-state index contributed by atoms with van der Waals surface area (Å²) < 4.78 is 10.6. The fourth-order valence-corrected chi connectivity index (χ4v) is 2.99. The number of rotatable bonds is 4. The number of halogens is 1. The smallest absolute Gasteiger partial charge is 0.309 e. The molecule has 0 atom stereocenters. The Morgan fingerprint density at radius 3 is 2.79 bits per heavy atom. The molecule has 0 saturated carbocycles. The van der Waals surface area contributed by atoms with Gasteiger partial charge in [0.05, 0.1) is 12.5 Å². The molecule has 1 aromatic carbocycles. The first-order chi connectivity index (χ1) is 11.6. The molecule has 1 amide bonds. The second-order valence-corrected chi connectivity index (χ2v) is 6.18. The van der Waals surface area contributed by atoms with Crippen LogP contribution < -0.4 is 5.43 Å². The number of esters is 1. The van der Waals surface area contributed by atoms with Crippen molar-refractivity contribution in [2.24, 2.45) is 5.92 Å². The van der Waals surface area contributed by atoms with Crippen LogP contribution in [0.5, 0.6) is 0 Å². The maximum atomic E-state index is 12.3. The summed E-state index contributed by atoms with van der Waals surface area (Å²) >= 11 is 5.94. The fraction of sp³-hybridized carbons (Fsp3) is 0.412. The molecule has 1 aliphatic rings. The second kappa shape index (κ2) is 7.23. The summed E-state index contributed by atoms with van der Waals surface area (Å²) in [5, 5.41) is 3.18. The van der Waals surface area contributed by atoms with Gasteiger partial charge < -0.3 is 9.15 Å². The lowest BCUT2D eigenvalue weighted by molar-refractivity contribution is -0.149. The lowest BCUT2D eigenvalue weighted by Crippen LogP contribution is -2.47. The largest absolute Gasteiger partial charge is 0.466 e. The molecule has 0 spiro atoms. The second-order valence-electron chi connectivity index (χ2n) is 5.75. The van der Waals surface area contributed by atoms with E-state index < -0.39 is 0 Å². The van der Waals surface area contributed by atoms with E-state index in [0.29, 0.717) is 43.1 Å². The van der Waals surface area contributed by atoms with E-state index in [9.17, 15) is 9.59 Å². The van der Waals surface area contributed by atoms with Crippen molar-refractivity contribution in [2.45, 2.75) is 19.8 Å². The average Bonchev–Trinajstić information content (AvgIpc) is 2.99. The van der Waals surface area contributed by atoms with E-state index in [1.807, 2.05) is 0 Å². The van der Waals surface area contributed by atoms with Gasteiger partial charge in [-0.1, -0.05) is 11.6 Å². The Labute approximate surface area is 144 Å². The molecule has 0 bridgehead atoms. The van der Waals surface area contributed by atoms with Gasteiger partial charge in [0.1, 0.15) is 5.58 Å². The molecule has 1 aromatic heterocycles. The number of hydrazine groups is 1. The zero-order chi connectivity index (χ0) is 17.1. The van der Waals surface area contributed by atoms with Crippen LogP contribution in [0.25, 0.3) is 11.0 Å². The van der Waals surface area contributed by atoms with Crippen LogP contribution in [-0.4, -0.2) is 36.6 Å². The number of carbonyl (C=O) groups excluding carboxylic acids is 2. The van der Waals surface area contributed by atoms with Crippen LogP contribution in [0.2, 0.25) is 5.02 Å². The first-order valence-corrected chi connectivity index (χ1v) is 8.36. The Morgan fingerprint density at radius 1 is 1.33 bits per heavy atom. The van der Waals surface area contributed by atoms with Gasteiger partial charge in [-0.3, -0.25) is 15.0 Å². The monoisotopic (exact) mass is 350 g/mol. The van der Waals surface area contributed by atoms with E-state index >= 15 is 0 Å². The number of furan rings is 1. The van der Waals surface area contributed by atoms with Crippen LogP contribution >= 0.6 is 11.6 Å². The van der Waals surface area contributed by atoms with Gasteiger partial charge in [-0.05, 0) is 44.0 Å². The quantitative estimate of drug-likeness (QED) is 0.858. The van der Waals surface area contributed by atoms with E-state index in [2.05, 4.69) is 5.43 Å². The molecule has 1 saturated heterocycles. The number of ether oxygens (including phenoxy) is 1. The maximum absolute atomic E-state index is 12.3. The van der Waals surface area contributed by atoms with Crippen molar-refractivity contribution in [1.29, 1.82) is 0 Å². The Bertz CT molecular complexity index is 750. The molecular weight excluding hydrogens is 332 g/mol. The van der Waals surface area contributed by atoms with Crippen molar-refractivity contribution >= 4 is 34.4 Å². The van der Waals surface area contributed by atoms with Gasteiger partial charge in [-0.25, -0.2) is 5.01 Å². The van der Waals surface area contributed by atoms with Crippen LogP contribution in [0.4, 0.5) is 0 Å². The van der Waals surface area contributed by atoms with E-state index in [-0.39, 0.29) is 23.6 Å². The number of carbonyl (C=O) groups is 2. The highest BCUT2D eigenvalue weighted by Gasteiger charge is 2.27. The van der Waals surface area contributed by atoms with Crippen molar-refractivity contribution in [1.82, 2.24) is 10.4 Å². The molecule has 2 heterocycles. The van der Waals surface area contributed by atoms with Gasteiger partial charge in [0.15, 0.2) is 5.76 Å². The van der Waals surface area contributed by atoms with Gasteiger partial charge in [0.2, 0.25) is 0 Å². The Kier molecular flexibility index (Phi) is 5.06. The summed E-state index contributed by atoms with van der Waals surface area (Å²) in [6.07, 6.45) is 1.32. The number of nitrogens with one attached hydrogen (secondary N) is 1. The molecule has 0 aliphatic carbocycles. The van der Waals surface area contributed by atoms with Crippen molar-refractivity contribution in [2.75, 3.05) is 19.7 Å². The normalized spacial score (nSPS) is 16.2. The van der Waals surface area contributed by atoms with Crippen molar-refractivity contribution in [3.63, 3.8) is 0 Å². The van der Waals surface area contributed by atoms with Gasteiger partial charge in [0.25, 0.3) is 0 Å². The molecule has 1 N–H and O–H groups in total. The number of fused-ring (bicyclic) bond motifs is 1. The third-order valence-electron chi connectivity index (χ3n) is 4.08. The first-order valence-electron chi connectivity index (χ1n) is 7.98. The standard InChI is InChI=1S/C17H19ClN2O4/c1-2-23-17(22)11-5-7-20(8-6-11)19-16(21)15-10-12-9-13(18)3-4-14(12)24-15/h3-4,9-11H,2,5-8H2,1H3,(H,19,21). The third kappa shape index (κ3) is 3.71. The summed E-state index contributed by atoms with van der Waals surface area (Å²) in [4.78, 5) is 24.0. The summed E-state index contributed by atoms with van der Waals surface area (Å²) in [6.45, 7) is 3.39. The number of amides is 1. The van der Waals surface area contributed by atoms with Crippen LogP contribution in [0.1, 0.15) is 30.3 Å². The van der Waals surface area contributed by atoms with Crippen molar-refractivity contribution in [3.05, 3.63) is 35.0 Å². The molecule has 2 aromatic rings. The maximum Gasteiger partial charge on any atom is 0.309 e. The zero-order valence-electron chi connectivity index (χ0n) is 13.4. The highest BCUT2D eigenvalue weighted by atomic mass is 35.5. The highest BCUT2D eigenvalue weighted by Crippen LogP contribution is 2.23. The topological polar surface area (TPSA) is 71.8 Å². The molecule has 128 valence electrons. The summed E-state index contributed by atoms with van der Waals surface area (Å²) in [6, 6.07) is 6.87. The van der Waals surface area contributed by atoms with Gasteiger partial charge >= 0.3 is 11.9 Å². The number of benzene rings is 1. The van der Waals surface area contributed by atoms with Crippen LogP contribution in [-0.2, 0) is 9.53 Å². The van der Waals surface area contributed by atoms with Crippen molar-refractivity contribution in [3.8, 4) is 0 Å². The number of hydrogen-bond donors (Lipinski definition) is 1. The van der Waals surface area contributed by atoms with Gasteiger partial charge in [-0.15, -0.1) is 0 Å². The number of nitrogens with zero attached hydrogens (tertiary/aromatic N) is 1. The molecule has 3 rings (SSSR count). The van der Waals surface area contributed by atoms with E-state index in [0.717, 1.165) is 5.39 Å². The van der Waals surface area contributed by atoms with E-state index in [1.54, 1.807) is 36.2 Å². The Hall–Kier alpha value is -2.05. The van der Waals surface area contributed by atoms with Crippen LogP contribution in [0.15, 0.2) is 28.7 Å². The van der Waals surface area contributed by atoms with Crippen molar-refractivity contribution < 1.29 is 18.7 Å². The van der Waals surface area contributed by atoms with Crippen LogP contribution in [0.3, 0.4) is 0 Å². The first kappa shape index (κ1) is 16.8. The molecule has 24 heavy (non-hydrogen) atoms. The van der Waals surface area contributed by atoms with Crippen LogP contribution in [0, 0.1) is 5.92 Å². The third-order valence-corrected chi connectivity index (χ3v) is 4.31. The highest BCUT2D eigenvalue weighted by molar-refractivity contribution is 6.31. The lowest BCUT2D eigenvalue weighted by Gasteiger charge is -2.30. The SMILES string of the molecule is CCOC(=O)C1CCN(NC(=O)c2cc3cc(Cl)ccc3o2)CC1. The molecule has 7 heteroatoms. The minimum atomic E-state index is -0.308. The van der Waals surface area contributed by atoms with E-state index in [4.69, 9.17) is 20.8 Å². The molecule has 1 aliphatic heterocycles. The minimum absolute atomic E-state index is 0.0913.